The van der Waals surface area contributed by atoms with Crippen LogP contribution in [0.2, 0.25) is 0 Å². The maximum Gasteiger partial charge on any atom is 0.415 e. The van der Waals surface area contributed by atoms with Gasteiger partial charge < -0.3 is 14.5 Å². The first-order chi connectivity index (χ1) is 13.6. The zero-order valence-corrected chi connectivity index (χ0v) is 15.0. The Bertz CT molecular complexity index is 959. The van der Waals surface area contributed by atoms with Crippen LogP contribution >= 0.6 is 0 Å². The minimum atomic E-state index is -2.31. The largest absolute Gasteiger partial charge is 0.494 e. The highest BCUT2D eigenvalue weighted by Crippen LogP contribution is 2.34. The van der Waals surface area contributed by atoms with Crippen LogP contribution in [0.3, 0.4) is 0 Å². The lowest BCUT2D eigenvalue weighted by atomic mass is 10.1. The number of ether oxygens (including phenoxy) is 2. The third-order valence-corrected chi connectivity index (χ3v) is 4.66. The molecule has 2 heterocycles. The van der Waals surface area contributed by atoms with Crippen LogP contribution < -0.4 is 9.64 Å². The van der Waals surface area contributed by atoms with E-state index in [1.54, 1.807) is 23.4 Å². The number of nitrogens with zero attached hydrogens (tertiary/aromatic N) is 2. The van der Waals surface area contributed by atoms with Gasteiger partial charge in [-0.15, -0.1) is 0 Å². The molecule has 1 aromatic heterocycles. The van der Waals surface area contributed by atoms with Crippen molar-refractivity contribution in [1.82, 2.24) is 9.97 Å². The molecule has 1 atom stereocenters. The normalized spacial score (nSPS) is 16.8. The SMILES string of the molecule is O=C1OC[C@H](c2ccc(OCCCC(F)F)cc2)N1c1ccc2[nH]cnc2c1. The van der Waals surface area contributed by atoms with E-state index in [1.165, 1.54) is 0 Å². The summed E-state index contributed by atoms with van der Waals surface area (Å²) in [4.78, 5) is 21.2. The molecule has 0 bridgehead atoms. The van der Waals surface area contributed by atoms with E-state index in [-0.39, 0.29) is 25.7 Å². The Balaban J connectivity index is 1.48. The fourth-order valence-electron chi connectivity index (χ4n) is 3.24. The van der Waals surface area contributed by atoms with E-state index in [4.69, 9.17) is 9.47 Å². The Labute approximate surface area is 160 Å². The van der Waals surface area contributed by atoms with Gasteiger partial charge in [-0.3, -0.25) is 4.90 Å². The molecule has 0 saturated carbocycles. The average Bonchev–Trinajstić information content (AvgIpc) is 3.31. The predicted octanol–water partition coefficient (Wildman–Crippen LogP) is 4.68. The van der Waals surface area contributed by atoms with Gasteiger partial charge in [-0.1, -0.05) is 12.1 Å². The Morgan fingerprint density at radius 3 is 2.86 bits per heavy atom. The third kappa shape index (κ3) is 3.76. The van der Waals surface area contributed by atoms with Crippen LogP contribution in [0.5, 0.6) is 5.75 Å². The summed E-state index contributed by atoms with van der Waals surface area (Å²) in [6, 6.07) is 12.6. The van der Waals surface area contributed by atoms with Crippen LogP contribution in [-0.2, 0) is 4.74 Å². The Kier molecular flexibility index (Phi) is 5.10. The number of cyclic esters (lactones) is 1. The summed E-state index contributed by atoms with van der Waals surface area (Å²) in [7, 11) is 0. The fraction of sp³-hybridized carbons (Fsp3) is 0.300. The number of H-pyrrole nitrogens is 1. The number of aromatic nitrogens is 2. The summed E-state index contributed by atoms with van der Waals surface area (Å²) in [5.41, 5.74) is 3.26. The van der Waals surface area contributed by atoms with Gasteiger partial charge in [0.25, 0.3) is 0 Å². The monoisotopic (exact) mass is 387 g/mol. The number of anilines is 1. The predicted molar refractivity (Wildman–Crippen MR) is 99.8 cm³/mol. The molecule has 0 radical (unpaired) electrons. The highest BCUT2D eigenvalue weighted by Gasteiger charge is 2.35. The van der Waals surface area contributed by atoms with E-state index in [9.17, 15) is 13.6 Å². The van der Waals surface area contributed by atoms with Crippen molar-refractivity contribution in [3.05, 3.63) is 54.4 Å². The van der Waals surface area contributed by atoms with E-state index in [1.807, 2.05) is 30.3 Å². The van der Waals surface area contributed by atoms with Gasteiger partial charge in [0.2, 0.25) is 6.43 Å². The fourth-order valence-corrected chi connectivity index (χ4v) is 3.24. The molecule has 28 heavy (non-hydrogen) atoms. The molecule has 0 spiro atoms. The van der Waals surface area contributed by atoms with Gasteiger partial charge in [0.05, 0.1) is 35.7 Å². The Hall–Kier alpha value is -3.16. The molecule has 1 aliphatic rings. The average molecular weight is 387 g/mol. The molecule has 0 aliphatic carbocycles. The van der Waals surface area contributed by atoms with E-state index in [2.05, 4.69) is 9.97 Å². The molecule has 1 aliphatic heterocycles. The highest BCUT2D eigenvalue weighted by molar-refractivity contribution is 5.93. The second-order valence-electron chi connectivity index (χ2n) is 6.52. The molecule has 1 N–H and O–H groups in total. The van der Waals surface area contributed by atoms with Crippen molar-refractivity contribution in [3.63, 3.8) is 0 Å². The van der Waals surface area contributed by atoms with Crippen LogP contribution in [0.1, 0.15) is 24.4 Å². The molecule has 6 nitrogen and oxygen atoms in total. The number of nitrogens with one attached hydrogen (secondary N) is 1. The maximum atomic E-state index is 12.3. The molecule has 0 unspecified atom stereocenters. The molecular formula is C20H19F2N3O3. The topological polar surface area (TPSA) is 67.5 Å². The molecule has 2 aromatic carbocycles. The summed E-state index contributed by atoms with van der Waals surface area (Å²) < 4.78 is 35.1. The van der Waals surface area contributed by atoms with Gasteiger partial charge in [-0.05, 0) is 42.3 Å². The van der Waals surface area contributed by atoms with E-state index >= 15 is 0 Å². The second kappa shape index (κ2) is 7.84. The molecule has 8 heteroatoms. The van der Waals surface area contributed by atoms with Crippen LogP contribution in [0.25, 0.3) is 11.0 Å². The quantitative estimate of drug-likeness (QED) is 0.598. The number of aromatic amines is 1. The van der Waals surface area contributed by atoms with E-state index in [0.29, 0.717) is 17.9 Å². The number of fused-ring (bicyclic) bond motifs is 1. The van der Waals surface area contributed by atoms with Crippen molar-refractivity contribution in [3.8, 4) is 5.75 Å². The van der Waals surface area contributed by atoms with Crippen molar-refractivity contribution in [2.45, 2.75) is 25.3 Å². The first kappa shape index (κ1) is 18.2. The first-order valence-corrected chi connectivity index (χ1v) is 9.02. The molecular weight excluding hydrogens is 368 g/mol. The molecule has 1 saturated heterocycles. The number of carbonyl (C=O) groups excluding carboxylic acids is 1. The van der Waals surface area contributed by atoms with Crippen molar-refractivity contribution >= 4 is 22.8 Å². The minimum absolute atomic E-state index is 0.172. The molecule has 1 fully saturated rings. The Morgan fingerprint density at radius 2 is 2.07 bits per heavy atom. The van der Waals surface area contributed by atoms with Crippen molar-refractivity contribution in [2.75, 3.05) is 18.1 Å². The number of alkyl halides is 2. The van der Waals surface area contributed by atoms with Crippen molar-refractivity contribution < 1.29 is 23.0 Å². The number of carbonyl (C=O) groups is 1. The summed E-state index contributed by atoms with van der Waals surface area (Å²) in [6.07, 6.45) is -0.985. The van der Waals surface area contributed by atoms with Gasteiger partial charge >= 0.3 is 6.09 Å². The Morgan fingerprint density at radius 1 is 1.25 bits per heavy atom. The van der Waals surface area contributed by atoms with Crippen LogP contribution in [0, 0.1) is 0 Å². The van der Waals surface area contributed by atoms with Gasteiger partial charge in [0.1, 0.15) is 12.4 Å². The lowest BCUT2D eigenvalue weighted by Crippen LogP contribution is -2.27. The smallest absolute Gasteiger partial charge is 0.415 e. The van der Waals surface area contributed by atoms with E-state index in [0.717, 1.165) is 16.6 Å². The number of benzene rings is 2. The molecule has 3 aromatic rings. The van der Waals surface area contributed by atoms with Crippen LogP contribution in [-0.4, -0.2) is 35.7 Å². The number of halogens is 2. The first-order valence-electron chi connectivity index (χ1n) is 9.02. The third-order valence-electron chi connectivity index (χ3n) is 4.66. The lowest BCUT2D eigenvalue weighted by Gasteiger charge is -2.22. The van der Waals surface area contributed by atoms with Crippen LogP contribution in [0.4, 0.5) is 19.3 Å². The lowest BCUT2D eigenvalue weighted by molar-refractivity contribution is 0.127. The number of hydrogen-bond acceptors (Lipinski definition) is 4. The number of hydrogen-bond donors (Lipinski definition) is 1. The number of rotatable bonds is 7. The summed E-state index contributed by atoms with van der Waals surface area (Å²) in [6.45, 7) is 0.483. The highest BCUT2D eigenvalue weighted by atomic mass is 19.3. The minimum Gasteiger partial charge on any atom is -0.494 e. The summed E-state index contributed by atoms with van der Waals surface area (Å²) in [5, 5.41) is 0. The zero-order valence-electron chi connectivity index (χ0n) is 15.0. The van der Waals surface area contributed by atoms with Gasteiger partial charge in [0, 0.05) is 6.42 Å². The number of amides is 1. The second-order valence-corrected chi connectivity index (χ2v) is 6.52. The molecule has 4 rings (SSSR count). The van der Waals surface area contributed by atoms with Gasteiger partial charge in [-0.2, -0.15) is 0 Å². The van der Waals surface area contributed by atoms with E-state index < -0.39 is 12.5 Å². The van der Waals surface area contributed by atoms with Crippen LogP contribution in [0.15, 0.2) is 48.8 Å². The van der Waals surface area contributed by atoms with Crippen molar-refractivity contribution in [2.24, 2.45) is 0 Å². The molecule has 1 amide bonds. The standard InChI is InChI=1S/C20H19F2N3O3/c21-19(22)2-1-9-27-15-6-3-13(4-7-15)18-11-28-20(26)25(18)14-5-8-16-17(10-14)24-12-23-16/h3-8,10,12,18-19H,1-2,9,11H2,(H,23,24)/t18-/m1/s1. The van der Waals surface area contributed by atoms with Crippen molar-refractivity contribution in [1.29, 1.82) is 0 Å². The zero-order chi connectivity index (χ0) is 19.5. The summed E-state index contributed by atoms with van der Waals surface area (Å²) >= 11 is 0. The van der Waals surface area contributed by atoms with Gasteiger partial charge in [-0.25, -0.2) is 18.6 Å². The molecule has 146 valence electrons. The summed E-state index contributed by atoms with van der Waals surface area (Å²) in [5.74, 6) is 0.604. The maximum absolute atomic E-state index is 12.3. The van der Waals surface area contributed by atoms with Gasteiger partial charge in [0.15, 0.2) is 0 Å². The number of imidazole rings is 1.